The molecule has 2 aromatic rings. The molecular formula is C20H18ClN5O3. The predicted molar refractivity (Wildman–Crippen MR) is 108 cm³/mol. The van der Waals surface area contributed by atoms with Crippen LogP contribution in [0.2, 0.25) is 5.02 Å². The highest BCUT2D eigenvalue weighted by Crippen LogP contribution is 2.32. The molecule has 148 valence electrons. The van der Waals surface area contributed by atoms with E-state index < -0.39 is 23.9 Å². The van der Waals surface area contributed by atoms with Gasteiger partial charge in [-0.15, -0.1) is 0 Å². The third-order valence-corrected chi connectivity index (χ3v) is 5.38. The zero-order valence-electron chi connectivity index (χ0n) is 15.8. The van der Waals surface area contributed by atoms with E-state index in [4.69, 9.17) is 11.6 Å². The summed E-state index contributed by atoms with van der Waals surface area (Å²) >= 11 is 5.88. The van der Waals surface area contributed by atoms with E-state index in [2.05, 4.69) is 15.7 Å². The first-order chi connectivity index (χ1) is 13.9. The zero-order chi connectivity index (χ0) is 20.7. The van der Waals surface area contributed by atoms with Gasteiger partial charge in [-0.2, -0.15) is 5.11 Å². The minimum absolute atomic E-state index is 0.189. The molecule has 1 N–H and O–H groups in total. The van der Waals surface area contributed by atoms with Crippen LogP contribution in [0.15, 0.2) is 52.8 Å². The number of hydrogen-bond acceptors (Lipinski definition) is 6. The molecule has 0 radical (unpaired) electrons. The van der Waals surface area contributed by atoms with Crippen molar-refractivity contribution in [3.05, 3.63) is 58.6 Å². The number of amides is 3. The molecule has 29 heavy (non-hydrogen) atoms. The summed E-state index contributed by atoms with van der Waals surface area (Å²) in [5.74, 6) is -1.28. The molecule has 0 saturated carbocycles. The van der Waals surface area contributed by atoms with Gasteiger partial charge in [-0.3, -0.25) is 19.4 Å². The topological polar surface area (TPSA) is 94.4 Å². The Labute approximate surface area is 172 Å². The van der Waals surface area contributed by atoms with Crippen molar-refractivity contribution in [1.82, 2.24) is 5.01 Å². The number of nitrogens with zero attached hydrogens (tertiary/aromatic N) is 4. The fraction of sp³-hybridized carbons (Fsp3) is 0.250. The molecule has 0 bridgehead atoms. The molecule has 2 heterocycles. The Bertz CT molecular complexity index is 1040. The molecule has 8 nitrogen and oxygen atoms in total. The van der Waals surface area contributed by atoms with Crippen molar-refractivity contribution >= 4 is 40.7 Å². The minimum atomic E-state index is -0.952. The van der Waals surface area contributed by atoms with E-state index in [0.29, 0.717) is 16.4 Å². The quantitative estimate of drug-likeness (QED) is 0.782. The summed E-state index contributed by atoms with van der Waals surface area (Å²) in [4.78, 5) is 39.2. The summed E-state index contributed by atoms with van der Waals surface area (Å²) in [6.45, 7) is 3.68. The van der Waals surface area contributed by atoms with Crippen molar-refractivity contribution in [2.45, 2.75) is 25.9 Å². The van der Waals surface area contributed by atoms with Crippen molar-refractivity contribution in [2.75, 3.05) is 16.8 Å². The molecule has 0 unspecified atom stereocenters. The van der Waals surface area contributed by atoms with Gasteiger partial charge in [0.15, 0.2) is 12.1 Å². The van der Waals surface area contributed by atoms with Crippen molar-refractivity contribution in [3.8, 4) is 0 Å². The van der Waals surface area contributed by atoms with E-state index in [1.54, 1.807) is 30.3 Å². The SMILES string of the molecule is Cc1cccc(NC(=O)CN2N=N[C@@H]3C(=O)N(c4ccc(Cl)cc4)C(=O)[C@@H]32)c1C. The first-order valence-electron chi connectivity index (χ1n) is 9.03. The smallest absolute Gasteiger partial charge is 0.263 e. The Morgan fingerprint density at radius 2 is 1.83 bits per heavy atom. The van der Waals surface area contributed by atoms with Gasteiger partial charge in [-0.1, -0.05) is 29.0 Å². The molecule has 0 spiro atoms. The van der Waals surface area contributed by atoms with Crippen LogP contribution < -0.4 is 10.2 Å². The number of halogens is 1. The van der Waals surface area contributed by atoms with Gasteiger partial charge in [0.05, 0.1) is 5.69 Å². The number of carbonyl (C=O) groups excluding carboxylic acids is 3. The highest BCUT2D eigenvalue weighted by atomic mass is 35.5. The highest BCUT2D eigenvalue weighted by Gasteiger charge is 2.55. The maximum absolute atomic E-state index is 12.9. The van der Waals surface area contributed by atoms with Gasteiger partial charge in [0.1, 0.15) is 6.54 Å². The normalized spacial score (nSPS) is 20.4. The first-order valence-corrected chi connectivity index (χ1v) is 9.41. The summed E-state index contributed by atoms with van der Waals surface area (Å²) in [5.41, 5.74) is 3.12. The van der Waals surface area contributed by atoms with Crippen molar-refractivity contribution in [3.63, 3.8) is 0 Å². The van der Waals surface area contributed by atoms with E-state index in [9.17, 15) is 14.4 Å². The van der Waals surface area contributed by atoms with E-state index in [1.165, 1.54) is 5.01 Å². The number of benzene rings is 2. The Morgan fingerprint density at radius 3 is 2.55 bits per heavy atom. The standard InChI is InChI=1S/C20H18ClN5O3/c1-11-4-3-5-15(12(11)2)22-16(27)10-25-18-17(23-24-25)19(28)26(20(18)29)14-8-6-13(21)7-9-14/h3-9,17-18H,10H2,1-2H3,(H,22,27)/t17-,18+/m0/s1. The maximum atomic E-state index is 12.9. The van der Waals surface area contributed by atoms with E-state index in [0.717, 1.165) is 16.0 Å². The number of anilines is 2. The number of imide groups is 1. The van der Waals surface area contributed by atoms with Gasteiger partial charge in [-0.25, -0.2) is 4.90 Å². The predicted octanol–water partition coefficient (Wildman–Crippen LogP) is 2.89. The number of carbonyl (C=O) groups is 3. The lowest BCUT2D eigenvalue weighted by Gasteiger charge is -2.20. The highest BCUT2D eigenvalue weighted by molar-refractivity contribution is 6.31. The van der Waals surface area contributed by atoms with E-state index in [1.807, 2.05) is 26.0 Å². The van der Waals surface area contributed by atoms with Crippen molar-refractivity contribution in [1.29, 1.82) is 0 Å². The second kappa shape index (κ2) is 7.29. The lowest BCUT2D eigenvalue weighted by molar-refractivity contribution is -0.123. The van der Waals surface area contributed by atoms with Gasteiger partial charge >= 0.3 is 0 Å². The van der Waals surface area contributed by atoms with E-state index >= 15 is 0 Å². The Balaban J connectivity index is 1.49. The molecule has 0 aromatic heterocycles. The summed E-state index contributed by atoms with van der Waals surface area (Å²) in [7, 11) is 0. The molecule has 2 aromatic carbocycles. The number of aryl methyl sites for hydroxylation is 1. The van der Waals surface area contributed by atoms with Crippen LogP contribution in [0.4, 0.5) is 11.4 Å². The molecule has 9 heteroatoms. The summed E-state index contributed by atoms with van der Waals surface area (Å²) < 4.78 is 0. The number of fused-ring (bicyclic) bond motifs is 1. The minimum Gasteiger partial charge on any atom is -0.324 e. The largest absolute Gasteiger partial charge is 0.324 e. The van der Waals surface area contributed by atoms with Gasteiger partial charge < -0.3 is 5.32 Å². The molecule has 2 aliphatic heterocycles. The summed E-state index contributed by atoms with van der Waals surface area (Å²) in [5, 5.41) is 12.4. The second-order valence-corrected chi connectivity index (χ2v) is 7.41. The second-order valence-electron chi connectivity index (χ2n) is 6.98. The van der Waals surface area contributed by atoms with Crippen LogP contribution in [-0.2, 0) is 14.4 Å². The van der Waals surface area contributed by atoms with Crippen molar-refractivity contribution < 1.29 is 14.4 Å². The Hall–Kier alpha value is -3.26. The molecule has 0 aliphatic carbocycles. The van der Waals surface area contributed by atoms with Gasteiger partial charge in [0.25, 0.3) is 11.8 Å². The molecule has 2 aliphatic rings. The lowest BCUT2D eigenvalue weighted by Crippen LogP contribution is -2.43. The van der Waals surface area contributed by atoms with Crippen LogP contribution in [0.3, 0.4) is 0 Å². The average Bonchev–Trinajstić information content (AvgIpc) is 3.20. The monoisotopic (exact) mass is 411 g/mol. The molecular weight excluding hydrogens is 394 g/mol. The summed E-state index contributed by atoms with van der Waals surface area (Å²) in [6.07, 6.45) is 0. The van der Waals surface area contributed by atoms with Crippen LogP contribution >= 0.6 is 11.6 Å². The van der Waals surface area contributed by atoms with E-state index in [-0.39, 0.29) is 12.5 Å². The first kappa shape index (κ1) is 19.1. The molecule has 4 rings (SSSR count). The molecule has 2 atom stereocenters. The zero-order valence-corrected chi connectivity index (χ0v) is 16.6. The van der Waals surface area contributed by atoms with Gasteiger partial charge in [0, 0.05) is 10.7 Å². The molecule has 3 amide bonds. The average molecular weight is 412 g/mol. The number of rotatable bonds is 4. The third kappa shape index (κ3) is 3.36. The molecule has 1 saturated heterocycles. The summed E-state index contributed by atoms with van der Waals surface area (Å²) in [6, 6.07) is 10.1. The van der Waals surface area contributed by atoms with Crippen LogP contribution in [0, 0.1) is 13.8 Å². The maximum Gasteiger partial charge on any atom is 0.263 e. The van der Waals surface area contributed by atoms with Gasteiger partial charge in [0.2, 0.25) is 5.91 Å². The number of nitrogens with one attached hydrogen (secondary N) is 1. The lowest BCUT2D eigenvalue weighted by atomic mass is 10.1. The third-order valence-electron chi connectivity index (χ3n) is 5.13. The fourth-order valence-corrected chi connectivity index (χ4v) is 3.55. The van der Waals surface area contributed by atoms with Crippen LogP contribution in [-0.4, -0.2) is 41.4 Å². The fourth-order valence-electron chi connectivity index (χ4n) is 3.42. The number of hydrogen-bond donors (Lipinski definition) is 1. The van der Waals surface area contributed by atoms with Gasteiger partial charge in [-0.05, 0) is 55.3 Å². The van der Waals surface area contributed by atoms with Crippen LogP contribution in [0.25, 0.3) is 0 Å². The van der Waals surface area contributed by atoms with Crippen LogP contribution in [0.5, 0.6) is 0 Å². The Morgan fingerprint density at radius 1 is 1.10 bits per heavy atom. The Kier molecular flexibility index (Phi) is 4.79. The van der Waals surface area contributed by atoms with Crippen LogP contribution in [0.1, 0.15) is 11.1 Å². The molecule has 1 fully saturated rings. The van der Waals surface area contributed by atoms with Crippen molar-refractivity contribution in [2.24, 2.45) is 10.3 Å².